The van der Waals surface area contributed by atoms with Crippen LogP contribution in [0.1, 0.15) is 5.56 Å². The van der Waals surface area contributed by atoms with Gasteiger partial charge in [-0.2, -0.15) is 0 Å². The summed E-state index contributed by atoms with van der Waals surface area (Å²) in [6.45, 7) is 5.21. The zero-order valence-corrected chi connectivity index (χ0v) is 13.0. The van der Waals surface area contributed by atoms with E-state index in [-0.39, 0.29) is 0 Å². The van der Waals surface area contributed by atoms with Crippen molar-refractivity contribution in [3.8, 4) is 0 Å². The van der Waals surface area contributed by atoms with Gasteiger partial charge in [0.15, 0.2) is 0 Å². The first-order valence-corrected chi connectivity index (χ1v) is 7.35. The zero-order chi connectivity index (χ0) is 13.8. The van der Waals surface area contributed by atoms with E-state index in [2.05, 4.69) is 29.2 Å². The number of rotatable bonds is 4. The van der Waals surface area contributed by atoms with Crippen LogP contribution >= 0.6 is 23.2 Å². The Morgan fingerprint density at radius 1 is 1.21 bits per heavy atom. The van der Waals surface area contributed by atoms with E-state index in [1.807, 2.05) is 18.2 Å². The molecule has 0 saturated carbocycles. The summed E-state index contributed by atoms with van der Waals surface area (Å²) in [5.74, 6) is 0. The van der Waals surface area contributed by atoms with E-state index in [0.717, 1.165) is 32.7 Å². The Balaban J connectivity index is 1.80. The Bertz CT molecular complexity index is 425. The standard InChI is InChI=1S/C14H21Cl2N3/c1-18-5-6-19(2)12(10-18)9-17-8-11-3-4-13(15)14(16)7-11/h3-4,7,12,17H,5-6,8-10H2,1-2H3. The highest BCUT2D eigenvalue weighted by atomic mass is 35.5. The minimum Gasteiger partial charge on any atom is -0.311 e. The molecule has 3 nitrogen and oxygen atoms in total. The third-order valence-corrected chi connectivity index (χ3v) is 4.41. The fraction of sp³-hybridized carbons (Fsp3) is 0.571. The number of hydrogen-bond donors (Lipinski definition) is 1. The minimum absolute atomic E-state index is 0.571. The van der Waals surface area contributed by atoms with Crippen LogP contribution in [-0.4, -0.2) is 56.1 Å². The van der Waals surface area contributed by atoms with E-state index in [0.29, 0.717) is 16.1 Å². The SMILES string of the molecule is CN1CCN(C)C(CNCc2ccc(Cl)c(Cl)c2)C1. The van der Waals surface area contributed by atoms with Crippen molar-refractivity contribution in [3.05, 3.63) is 33.8 Å². The molecule has 1 atom stereocenters. The van der Waals surface area contributed by atoms with Gasteiger partial charge in [-0.05, 0) is 31.8 Å². The topological polar surface area (TPSA) is 18.5 Å². The second-order valence-electron chi connectivity index (χ2n) is 5.28. The van der Waals surface area contributed by atoms with E-state index in [4.69, 9.17) is 23.2 Å². The molecule has 1 aliphatic rings. The molecule has 0 amide bonds. The van der Waals surface area contributed by atoms with E-state index in [1.165, 1.54) is 5.56 Å². The summed E-state index contributed by atoms with van der Waals surface area (Å²) in [7, 11) is 4.37. The molecule has 2 rings (SSSR count). The van der Waals surface area contributed by atoms with Crippen molar-refractivity contribution in [3.63, 3.8) is 0 Å². The molecule has 1 N–H and O–H groups in total. The van der Waals surface area contributed by atoms with E-state index >= 15 is 0 Å². The van der Waals surface area contributed by atoms with Crippen LogP contribution in [0.5, 0.6) is 0 Å². The summed E-state index contributed by atoms with van der Waals surface area (Å²) < 4.78 is 0. The number of hydrogen-bond acceptors (Lipinski definition) is 3. The van der Waals surface area contributed by atoms with Crippen molar-refractivity contribution in [2.75, 3.05) is 40.3 Å². The number of nitrogens with zero attached hydrogens (tertiary/aromatic N) is 2. The summed E-state index contributed by atoms with van der Waals surface area (Å²) in [5.41, 5.74) is 1.17. The largest absolute Gasteiger partial charge is 0.311 e. The smallest absolute Gasteiger partial charge is 0.0595 e. The number of piperazine rings is 1. The molecule has 0 bridgehead atoms. The molecule has 1 aromatic rings. The maximum atomic E-state index is 6.01. The number of nitrogens with one attached hydrogen (secondary N) is 1. The third-order valence-electron chi connectivity index (χ3n) is 3.67. The first-order chi connectivity index (χ1) is 9.06. The maximum Gasteiger partial charge on any atom is 0.0595 e. The van der Waals surface area contributed by atoms with Crippen molar-refractivity contribution in [2.45, 2.75) is 12.6 Å². The Morgan fingerprint density at radius 3 is 2.74 bits per heavy atom. The molecule has 1 fully saturated rings. The van der Waals surface area contributed by atoms with Gasteiger partial charge in [-0.15, -0.1) is 0 Å². The molecule has 1 aromatic carbocycles. The maximum absolute atomic E-state index is 6.01. The van der Waals surface area contributed by atoms with Crippen LogP contribution in [0, 0.1) is 0 Å². The molecule has 0 radical (unpaired) electrons. The second-order valence-corrected chi connectivity index (χ2v) is 6.09. The van der Waals surface area contributed by atoms with Crippen molar-refractivity contribution >= 4 is 23.2 Å². The summed E-state index contributed by atoms with van der Waals surface area (Å²) in [4.78, 5) is 4.80. The molecule has 19 heavy (non-hydrogen) atoms. The van der Waals surface area contributed by atoms with Crippen LogP contribution in [0.2, 0.25) is 10.0 Å². The predicted octanol–water partition coefficient (Wildman–Crippen LogP) is 2.33. The molecule has 0 aliphatic carbocycles. The minimum atomic E-state index is 0.571. The normalized spacial score (nSPS) is 21.8. The molecule has 5 heteroatoms. The Kier molecular flexibility index (Phi) is 5.48. The first-order valence-electron chi connectivity index (χ1n) is 6.59. The average Bonchev–Trinajstić information content (AvgIpc) is 2.38. The van der Waals surface area contributed by atoms with Gasteiger partial charge in [0.1, 0.15) is 0 Å². The highest BCUT2D eigenvalue weighted by Crippen LogP contribution is 2.22. The van der Waals surface area contributed by atoms with Gasteiger partial charge in [0.25, 0.3) is 0 Å². The summed E-state index contributed by atoms with van der Waals surface area (Å²) in [6.07, 6.45) is 0. The van der Waals surface area contributed by atoms with Crippen molar-refractivity contribution < 1.29 is 0 Å². The average molecular weight is 302 g/mol. The lowest BCUT2D eigenvalue weighted by molar-refractivity contribution is 0.113. The lowest BCUT2D eigenvalue weighted by atomic mass is 10.1. The molecule has 106 valence electrons. The zero-order valence-electron chi connectivity index (χ0n) is 11.5. The van der Waals surface area contributed by atoms with Gasteiger partial charge >= 0.3 is 0 Å². The second kappa shape index (κ2) is 6.91. The van der Waals surface area contributed by atoms with Gasteiger partial charge in [-0.1, -0.05) is 29.3 Å². The molecule has 1 aliphatic heterocycles. The fourth-order valence-electron chi connectivity index (χ4n) is 2.35. The molecule has 1 heterocycles. The van der Waals surface area contributed by atoms with Gasteiger partial charge in [0.05, 0.1) is 10.0 Å². The summed E-state index contributed by atoms with van der Waals surface area (Å²) in [5, 5.41) is 4.73. The van der Waals surface area contributed by atoms with Crippen LogP contribution in [-0.2, 0) is 6.54 Å². The quantitative estimate of drug-likeness (QED) is 0.921. The predicted molar refractivity (Wildman–Crippen MR) is 82.1 cm³/mol. The lowest BCUT2D eigenvalue weighted by Gasteiger charge is -2.37. The fourth-order valence-corrected chi connectivity index (χ4v) is 2.68. The Labute approximate surface area is 125 Å². The van der Waals surface area contributed by atoms with Gasteiger partial charge in [-0.3, -0.25) is 4.90 Å². The van der Waals surface area contributed by atoms with Gasteiger partial charge in [-0.25, -0.2) is 0 Å². The molecular formula is C14H21Cl2N3. The van der Waals surface area contributed by atoms with E-state index in [1.54, 1.807) is 0 Å². The third kappa shape index (κ3) is 4.33. The lowest BCUT2D eigenvalue weighted by Crippen LogP contribution is -2.53. The first kappa shape index (κ1) is 15.1. The van der Waals surface area contributed by atoms with Crippen LogP contribution in [0.25, 0.3) is 0 Å². The highest BCUT2D eigenvalue weighted by molar-refractivity contribution is 6.42. The summed E-state index contributed by atoms with van der Waals surface area (Å²) >= 11 is 11.9. The number of halogens is 2. The van der Waals surface area contributed by atoms with Gasteiger partial charge in [0, 0.05) is 38.8 Å². The van der Waals surface area contributed by atoms with E-state index < -0.39 is 0 Å². The molecule has 1 unspecified atom stereocenters. The number of benzene rings is 1. The highest BCUT2D eigenvalue weighted by Gasteiger charge is 2.21. The van der Waals surface area contributed by atoms with Gasteiger partial charge < -0.3 is 10.2 Å². The van der Waals surface area contributed by atoms with Gasteiger partial charge in [0.2, 0.25) is 0 Å². The van der Waals surface area contributed by atoms with Crippen molar-refractivity contribution in [2.24, 2.45) is 0 Å². The molecular weight excluding hydrogens is 281 g/mol. The van der Waals surface area contributed by atoms with Crippen LogP contribution in [0.3, 0.4) is 0 Å². The van der Waals surface area contributed by atoms with E-state index in [9.17, 15) is 0 Å². The molecule has 0 aromatic heterocycles. The number of likely N-dealkylation sites (N-methyl/N-ethyl adjacent to an activating group) is 2. The van der Waals surface area contributed by atoms with Crippen molar-refractivity contribution in [1.29, 1.82) is 0 Å². The Morgan fingerprint density at radius 2 is 2.00 bits per heavy atom. The monoisotopic (exact) mass is 301 g/mol. The van der Waals surface area contributed by atoms with Crippen LogP contribution < -0.4 is 5.32 Å². The molecule has 0 spiro atoms. The Hall–Kier alpha value is -0.320. The summed E-state index contributed by atoms with van der Waals surface area (Å²) in [6, 6.07) is 6.36. The van der Waals surface area contributed by atoms with Crippen LogP contribution in [0.15, 0.2) is 18.2 Å². The molecule has 1 saturated heterocycles. The van der Waals surface area contributed by atoms with Crippen LogP contribution in [0.4, 0.5) is 0 Å². The van der Waals surface area contributed by atoms with Crippen molar-refractivity contribution in [1.82, 2.24) is 15.1 Å².